The molecule has 0 spiro atoms. The fourth-order valence-corrected chi connectivity index (χ4v) is 1.13. The molecule has 0 bridgehead atoms. The first kappa shape index (κ1) is 8.87. The van der Waals surface area contributed by atoms with Crippen molar-refractivity contribution in [3.63, 3.8) is 0 Å². The largest absolute Gasteiger partial charge is 0.302 e. The lowest BCUT2D eigenvalue weighted by atomic mass is 10.2. The molecule has 0 radical (unpaired) electrons. The van der Waals surface area contributed by atoms with Crippen LogP contribution in [0.4, 0.5) is 0 Å². The van der Waals surface area contributed by atoms with Gasteiger partial charge in [0.25, 0.3) is 0 Å². The van der Waals surface area contributed by atoms with E-state index in [2.05, 4.69) is 36.8 Å². The molecule has 1 atom stereocenters. The molecule has 1 unspecified atom stereocenters. The van der Waals surface area contributed by atoms with Crippen molar-refractivity contribution in [2.24, 2.45) is 0 Å². The first-order chi connectivity index (χ1) is 5.24. The summed E-state index contributed by atoms with van der Waals surface area (Å²) in [5, 5.41) is 0. The second-order valence-electron chi connectivity index (χ2n) is 1.95. The quantitative estimate of drug-likeness (QED) is 0.473. The number of carbonyl (C=O) groups is 1. The molecular formula is C7H5Br2NO. The first-order valence-corrected chi connectivity index (χ1v) is 4.65. The van der Waals surface area contributed by atoms with Crippen LogP contribution in [0.25, 0.3) is 0 Å². The van der Waals surface area contributed by atoms with Gasteiger partial charge < -0.3 is 4.79 Å². The highest BCUT2D eigenvalue weighted by atomic mass is 79.9. The molecule has 0 aliphatic heterocycles. The Balaban J connectivity index is 2.89. The number of hydrogen-bond acceptors (Lipinski definition) is 2. The fourth-order valence-electron chi connectivity index (χ4n) is 0.629. The van der Waals surface area contributed by atoms with Crippen LogP contribution in [0.5, 0.6) is 0 Å². The molecule has 0 aliphatic carbocycles. The number of hydrogen-bond donors (Lipinski definition) is 0. The van der Waals surface area contributed by atoms with Crippen LogP contribution in [0.1, 0.15) is 10.4 Å². The fraction of sp³-hybridized carbons (Fsp3) is 0.143. The van der Waals surface area contributed by atoms with Crippen LogP contribution in [0.2, 0.25) is 0 Å². The maximum Gasteiger partial charge on any atom is 0.138 e. The standard InChI is InChI=1S/C7H5Br2NO/c8-6(4-11)5-1-2-7(9)10-3-5/h1-4,6H. The second-order valence-corrected chi connectivity index (χ2v) is 3.75. The van der Waals surface area contributed by atoms with E-state index in [1.165, 1.54) is 0 Å². The van der Waals surface area contributed by atoms with E-state index in [4.69, 9.17) is 0 Å². The summed E-state index contributed by atoms with van der Waals surface area (Å²) in [5.74, 6) is 0. The lowest BCUT2D eigenvalue weighted by Gasteiger charge is -1.99. The van der Waals surface area contributed by atoms with Crippen LogP contribution in [-0.4, -0.2) is 11.3 Å². The van der Waals surface area contributed by atoms with Gasteiger partial charge in [-0.3, -0.25) is 0 Å². The number of nitrogens with zero attached hydrogens (tertiary/aromatic N) is 1. The maximum atomic E-state index is 10.3. The highest BCUT2D eigenvalue weighted by Gasteiger charge is 2.04. The minimum atomic E-state index is -0.247. The van der Waals surface area contributed by atoms with Gasteiger partial charge in [-0.05, 0) is 27.6 Å². The lowest BCUT2D eigenvalue weighted by Crippen LogP contribution is -1.90. The molecule has 1 aromatic heterocycles. The molecule has 1 heterocycles. The van der Waals surface area contributed by atoms with Gasteiger partial charge in [-0.25, -0.2) is 4.98 Å². The SMILES string of the molecule is O=CC(Br)c1ccc(Br)nc1. The van der Waals surface area contributed by atoms with Crippen molar-refractivity contribution < 1.29 is 4.79 Å². The molecule has 11 heavy (non-hydrogen) atoms. The summed E-state index contributed by atoms with van der Waals surface area (Å²) in [6, 6.07) is 3.64. The van der Waals surface area contributed by atoms with E-state index < -0.39 is 0 Å². The molecule has 0 fully saturated rings. The number of alkyl halides is 1. The molecular weight excluding hydrogens is 274 g/mol. The van der Waals surface area contributed by atoms with E-state index in [-0.39, 0.29) is 4.83 Å². The van der Waals surface area contributed by atoms with Gasteiger partial charge in [-0.15, -0.1) is 0 Å². The van der Waals surface area contributed by atoms with Gasteiger partial charge in [0.1, 0.15) is 10.9 Å². The summed E-state index contributed by atoms with van der Waals surface area (Å²) in [5.41, 5.74) is 0.864. The third kappa shape index (κ3) is 2.38. The number of carbonyl (C=O) groups excluding carboxylic acids is 1. The molecule has 0 aromatic carbocycles. The number of aldehydes is 1. The number of rotatable bonds is 2. The topological polar surface area (TPSA) is 30.0 Å². The van der Waals surface area contributed by atoms with Gasteiger partial charge in [-0.2, -0.15) is 0 Å². The van der Waals surface area contributed by atoms with Crippen molar-refractivity contribution in [1.82, 2.24) is 4.98 Å². The smallest absolute Gasteiger partial charge is 0.138 e. The number of halogens is 2. The Bertz CT molecular complexity index is 247. The minimum absolute atomic E-state index is 0.247. The van der Waals surface area contributed by atoms with Crippen LogP contribution in [0, 0.1) is 0 Å². The third-order valence-corrected chi connectivity index (χ3v) is 2.40. The molecule has 2 nitrogen and oxygen atoms in total. The number of pyridine rings is 1. The molecule has 0 saturated heterocycles. The average molecular weight is 279 g/mol. The van der Waals surface area contributed by atoms with Gasteiger partial charge in [0.15, 0.2) is 0 Å². The Morgan fingerprint density at radius 2 is 2.27 bits per heavy atom. The molecule has 0 aliphatic rings. The molecule has 0 amide bonds. The maximum absolute atomic E-state index is 10.3. The van der Waals surface area contributed by atoms with E-state index >= 15 is 0 Å². The van der Waals surface area contributed by atoms with E-state index in [1.807, 2.05) is 6.07 Å². The van der Waals surface area contributed by atoms with Gasteiger partial charge in [0.2, 0.25) is 0 Å². The van der Waals surface area contributed by atoms with E-state index in [1.54, 1.807) is 12.3 Å². The molecule has 0 saturated carbocycles. The van der Waals surface area contributed by atoms with Gasteiger partial charge >= 0.3 is 0 Å². The van der Waals surface area contributed by atoms with Crippen molar-refractivity contribution in [2.75, 3.05) is 0 Å². The predicted octanol–water partition coefficient (Wildman–Crippen LogP) is 2.48. The third-order valence-electron chi connectivity index (χ3n) is 1.19. The van der Waals surface area contributed by atoms with Crippen LogP contribution < -0.4 is 0 Å². The van der Waals surface area contributed by atoms with Crippen molar-refractivity contribution >= 4 is 38.1 Å². The summed E-state index contributed by atoms with van der Waals surface area (Å²) in [6.45, 7) is 0. The van der Waals surface area contributed by atoms with E-state index in [0.29, 0.717) is 0 Å². The van der Waals surface area contributed by atoms with Crippen molar-refractivity contribution in [1.29, 1.82) is 0 Å². The molecule has 1 rings (SSSR count). The summed E-state index contributed by atoms with van der Waals surface area (Å²) >= 11 is 6.39. The Labute approximate surface area is 81.3 Å². The van der Waals surface area contributed by atoms with E-state index in [0.717, 1.165) is 16.5 Å². The summed E-state index contributed by atoms with van der Waals surface area (Å²) in [7, 11) is 0. The van der Waals surface area contributed by atoms with Gasteiger partial charge in [-0.1, -0.05) is 22.0 Å². The van der Waals surface area contributed by atoms with Crippen molar-refractivity contribution in [3.05, 3.63) is 28.5 Å². The number of aromatic nitrogens is 1. The van der Waals surface area contributed by atoms with Crippen LogP contribution >= 0.6 is 31.9 Å². The van der Waals surface area contributed by atoms with Crippen molar-refractivity contribution in [2.45, 2.75) is 4.83 Å². The summed E-state index contributed by atoms with van der Waals surface area (Å²) < 4.78 is 0.770. The minimum Gasteiger partial charge on any atom is -0.302 e. The van der Waals surface area contributed by atoms with Crippen LogP contribution in [-0.2, 0) is 4.79 Å². The predicted molar refractivity (Wildman–Crippen MR) is 49.7 cm³/mol. The molecule has 1 aromatic rings. The van der Waals surface area contributed by atoms with Crippen LogP contribution in [0.3, 0.4) is 0 Å². The average Bonchev–Trinajstić information content (AvgIpc) is 2.05. The molecule has 58 valence electrons. The van der Waals surface area contributed by atoms with Crippen LogP contribution in [0.15, 0.2) is 22.9 Å². The Morgan fingerprint density at radius 1 is 1.55 bits per heavy atom. The summed E-state index contributed by atoms with van der Waals surface area (Å²) in [6.07, 6.45) is 2.48. The second kappa shape index (κ2) is 3.97. The first-order valence-electron chi connectivity index (χ1n) is 2.95. The Morgan fingerprint density at radius 3 is 2.73 bits per heavy atom. The molecule has 0 N–H and O–H groups in total. The highest BCUT2D eigenvalue weighted by Crippen LogP contribution is 2.19. The normalized spacial score (nSPS) is 12.5. The van der Waals surface area contributed by atoms with Gasteiger partial charge in [0.05, 0.1) is 4.83 Å². The zero-order valence-corrected chi connectivity index (χ0v) is 8.67. The van der Waals surface area contributed by atoms with Gasteiger partial charge in [0, 0.05) is 6.20 Å². The highest BCUT2D eigenvalue weighted by molar-refractivity contribution is 9.10. The van der Waals surface area contributed by atoms with Crippen molar-refractivity contribution in [3.8, 4) is 0 Å². The Kier molecular flexibility index (Phi) is 3.20. The zero-order chi connectivity index (χ0) is 8.27. The molecule has 4 heteroatoms. The summed E-state index contributed by atoms with van der Waals surface area (Å²) in [4.78, 5) is 14.0. The Hall–Kier alpha value is -0.220. The monoisotopic (exact) mass is 277 g/mol. The zero-order valence-electron chi connectivity index (χ0n) is 5.50. The lowest BCUT2D eigenvalue weighted by molar-refractivity contribution is -0.107. The van der Waals surface area contributed by atoms with E-state index in [9.17, 15) is 4.79 Å².